The van der Waals surface area contributed by atoms with Crippen LogP contribution in [0.25, 0.3) is 0 Å². The average molecular weight is 307 g/mol. The SMILES string of the molecule is N[C]1=[U]=[CH]CC1. The van der Waals surface area contributed by atoms with Crippen molar-refractivity contribution in [3.8, 4) is 0 Å². The van der Waals surface area contributed by atoms with Gasteiger partial charge in [0.15, 0.2) is 0 Å². The Bertz CT molecular complexity index is 111. The molecule has 1 rings (SSSR count). The molecular weight excluding hydrogens is 300 g/mol. The molecule has 0 saturated carbocycles. The van der Waals surface area contributed by atoms with E-state index < -0.39 is 26.7 Å². The van der Waals surface area contributed by atoms with E-state index in [9.17, 15) is 0 Å². The first-order valence-corrected chi connectivity index (χ1v) is 6.57. The minimum absolute atomic E-state index is 0.478. The third-order valence-corrected chi connectivity index (χ3v) is 5.48. The van der Waals surface area contributed by atoms with E-state index in [0.29, 0.717) is 0 Å². The van der Waals surface area contributed by atoms with Gasteiger partial charge in [-0.05, 0) is 0 Å². The predicted molar refractivity (Wildman–Crippen MR) is 24.5 cm³/mol. The molecule has 1 nitrogen and oxygen atoms in total. The van der Waals surface area contributed by atoms with Crippen LogP contribution in [-0.2, 0) is 0 Å². The van der Waals surface area contributed by atoms with E-state index in [2.05, 4.69) is 3.03 Å². The molecule has 6 heavy (non-hydrogen) atoms. The topological polar surface area (TPSA) is 26.0 Å². The Balaban J connectivity index is 2.71. The van der Waals surface area contributed by atoms with Crippen LogP contribution in [0.4, 0.5) is 0 Å². The zero-order valence-corrected chi connectivity index (χ0v) is 7.73. The molecule has 1 aliphatic rings. The number of hydrogen-bond donors (Lipinski definition) is 1. The van der Waals surface area contributed by atoms with Crippen molar-refractivity contribution < 1.29 is 26.7 Å². The van der Waals surface area contributed by atoms with Crippen LogP contribution in [0.15, 0.2) is 0 Å². The van der Waals surface area contributed by atoms with Gasteiger partial charge in [-0.25, -0.2) is 0 Å². The van der Waals surface area contributed by atoms with E-state index in [0.717, 1.165) is 0 Å². The Morgan fingerprint density at radius 2 is 2.67 bits per heavy atom. The van der Waals surface area contributed by atoms with Gasteiger partial charge in [0.1, 0.15) is 0 Å². The first-order chi connectivity index (χ1) is 2.89. The average Bonchev–Trinajstić information content (AvgIpc) is 1.86. The van der Waals surface area contributed by atoms with Gasteiger partial charge >= 0.3 is 51.0 Å². The molecule has 0 saturated heterocycles. The Kier molecular flexibility index (Phi) is 1.77. The Labute approximate surface area is 50.9 Å². The van der Waals surface area contributed by atoms with Crippen molar-refractivity contribution in [1.82, 2.24) is 0 Å². The monoisotopic (exact) mass is 307 g/mol. The fourth-order valence-electron chi connectivity index (χ4n) is 0.503. The molecule has 32 valence electrons. The van der Waals surface area contributed by atoms with Crippen LogP contribution in [0, 0.1) is 26.7 Å². The molecule has 0 atom stereocenters. The standard InChI is InChI=1S/C4H7N.U/c1-2-3-4-5;/h1H,2-3,5H2;. The van der Waals surface area contributed by atoms with Gasteiger partial charge in [-0.1, -0.05) is 0 Å². The molecule has 0 aromatic carbocycles. The van der Waals surface area contributed by atoms with Crippen LogP contribution in [0.2, 0.25) is 0 Å². The Hall–Kier alpha value is 0.752. The van der Waals surface area contributed by atoms with Crippen molar-refractivity contribution in [3.05, 3.63) is 0 Å². The molecule has 0 radical (unpaired) electrons. The molecule has 1 aliphatic heterocycles. The fourth-order valence-corrected chi connectivity index (χ4v) is 4.00. The van der Waals surface area contributed by atoms with Crippen LogP contribution in [0.5, 0.6) is 0 Å². The summed E-state index contributed by atoms with van der Waals surface area (Å²) in [5.74, 6) is 0. The zero-order chi connectivity index (χ0) is 4.41. The quantitative estimate of drug-likeness (QED) is 0.657. The predicted octanol–water partition coefficient (Wildman–Crippen LogP) is -0.244. The van der Waals surface area contributed by atoms with Crippen molar-refractivity contribution in [1.29, 1.82) is 0 Å². The van der Waals surface area contributed by atoms with E-state index in [-0.39, 0.29) is 0 Å². The minimum atomic E-state index is -0.478. The number of rotatable bonds is 0. The summed E-state index contributed by atoms with van der Waals surface area (Å²) in [6.45, 7) is 0. The van der Waals surface area contributed by atoms with Crippen LogP contribution >= 0.6 is 0 Å². The van der Waals surface area contributed by atoms with Crippen LogP contribution in [-0.4, -0.2) is 5.68 Å². The van der Waals surface area contributed by atoms with Crippen molar-refractivity contribution in [3.63, 3.8) is 0 Å². The van der Waals surface area contributed by atoms with E-state index in [1.807, 2.05) is 0 Å². The van der Waals surface area contributed by atoms with Gasteiger partial charge in [-0.3, -0.25) is 0 Å². The molecule has 0 aliphatic carbocycles. The van der Waals surface area contributed by atoms with Gasteiger partial charge in [0, 0.05) is 0 Å². The van der Waals surface area contributed by atoms with Gasteiger partial charge in [-0.2, -0.15) is 0 Å². The maximum absolute atomic E-state index is 5.51. The van der Waals surface area contributed by atoms with Crippen molar-refractivity contribution in [2.75, 3.05) is 0 Å². The molecule has 0 bridgehead atoms. The second kappa shape index (κ2) is 2.16. The first-order valence-electron chi connectivity index (χ1n) is 2.09. The zero-order valence-electron chi connectivity index (χ0n) is 3.57. The fraction of sp³-hybridized carbons (Fsp3) is 0.500. The summed E-state index contributed by atoms with van der Waals surface area (Å²) < 4.78 is 3.78. The molecule has 0 fully saturated rings. The van der Waals surface area contributed by atoms with Gasteiger partial charge in [0.25, 0.3) is 0 Å². The summed E-state index contributed by atoms with van der Waals surface area (Å²) in [7, 11) is 0. The number of nitrogens with two attached hydrogens (primary N) is 1. The van der Waals surface area contributed by atoms with Crippen molar-refractivity contribution >= 4 is 5.68 Å². The summed E-state index contributed by atoms with van der Waals surface area (Å²) in [6.07, 6.45) is 2.51. The Morgan fingerprint density at radius 3 is 2.83 bits per heavy atom. The molecule has 0 amide bonds. The van der Waals surface area contributed by atoms with Gasteiger partial charge in [0.05, 0.1) is 0 Å². The molecule has 2 N–H and O–H groups in total. The van der Waals surface area contributed by atoms with Crippen molar-refractivity contribution in [2.24, 2.45) is 5.73 Å². The first kappa shape index (κ1) is 4.90. The van der Waals surface area contributed by atoms with E-state index >= 15 is 0 Å². The summed E-state index contributed by atoms with van der Waals surface area (Å²) in [4.78, 5) is 0. The summed E-state index contributed by atoms with van der Waals surface area (Å²) in [6, 6.07) is 0. The second-order valence-corrected chi connectivity index (χ2v) is 6.99. The summed E-state index contributed by atoms with van der Waals surface area (Å²) in [5, 5.41) is 0. The molecule has 0 spiro atoms. The summed E-state index contributed by atoms with van der Waals surface area (Å²) in [5.41, 5.74) is 5.51. The molecule has 0 aromatic heterocycles. The van der Waals surface area contributed by atoms with Crippen LogP contribution in [0.1, 0.15) is 12.8 Å². The van der Waals surface area contributed by atoms with Crippen LogP contribution < -0.4 is 5.73 Å². The molecular formula is C4H7NU. The molecule has 1 heterocycles. The van der Waals surface area contributed by atoms with E-state index in [1.165, 1.54) is 15.5 Å². The van der Waals surface area contributed by atoms with Crippen molar-refractivity contribution in [2.45, 2.75) is 12.8 Å². The summed E-state index contributed by atoms with van der Waals surface area (Å²) >= 11 is -0.478. The molecule has 0 unspecified atom stereocenters. The van der Waals surface area contributed by atoms with Gasteiger partial charge in [-0.15, -0.1) is 0 Å². The molecule has 2 heteroatoms. The van der Waals surface area contributed by atoms with Gasteiger partial charge < -0.3 is 0 Å². The van der Waals surface area contributed by atoms with E-state index in [4.69, 9.17) is 5.73 Å². The number of hydrogen-bond acceptors (Lipinski definition) is 1. The molecule has 0 aromatic rings. The Morgan fingerprint density at radius 1 is 1.83 bits per heavy atom. The maximum atomic E-state index is 5.51. The van der Waals surface area contributed by atoms with Crippen LogP contribution in [0.3, 0.4) is 0 Å². The third-order valence-electron chi connectivity index (χ3n) is 0.845. The third kappa shape index (κ3) is 1.11. The second-order valence-electron chi connectivity index (χ2n) is 1.41. The van der Waals surface area contributed by atoms with Gasteiger partial charge in [0.2, 0.25) is 0 Å². The van der Waals surface area contributed by atoms with E-state index in [1.54, 1.807) is 0 Å². The normalized spacial score (nSPS) is 18.5.